The van der Waals surface area contributed by atoms with E-state index in [1.54, 1.807) is 10.9 Å². The summed E-state index contributed by atoms with van der Waals surface area (Å²) in [6, 6.07) is 0.392. The number of nitrogens with zero attached hydrogens (tertiary/aromatic N) is 2. The summed E-state index contributed by atoms with van der Waals surface area (Å²) in [6.07, 6.45) is 3.56. The van der Waals surface area contributed by atoms with Crippen LogP contribution in [-0.4, -0.2) is 27.5 Å². The van der Waals surface area contributed by atoms with Crippen molar-refractivity contribution in [1.82, 2.24) is 15.1 Å². The topological polar surface area (TPSA) is 50.1 Å². The van der Waals surface area contributed by atoms with E-state index in [2.05, 4.69) is 31.2 Å². The Kier molecular flexibility index (Phi) is 4.10. The first-order valence-electron chi connectivity index (χ1n) is 5.78. The molecule has 1 heterocycles. The fourth-order valence-corrected chi connectivity index (χ4v) is 1.40. The Morgan fingerprint density at radius 3 is 2.56 bits per heavy atom. The van der Waals surface area contributed by atoms with Crippen molar-refractivity contribution in [3.05, 3.63) is 18.0 Å². The van der Waals surface area contributed by atoms with Crippen LogP contribution in [0.5, 0.6) is 0 Å². The van der Waals surface area contributed by atoms with E-state index in [1.807, 2.05) is 20.2 Å². The van der Waals surface area contributed by atoms with Gasteiger partial charge in [0.2, 0.25) is 0 Å². The summed E-state index contributed by atoms with van der Waals surface area (Å²) in [5.74, 6) is 0.560. The highest BCUT2D eigenvalue weighted by molar-refractivity contribution is 5.14. The normalized spacial score (nSPS) is 17.4. The van der Waals surface area contributed by atoms with Gasteiger partial charge in [0, 0.05) is 31.4 Å². The first-order chi connectivity index (χ1) is 7.33. The molecule has 16 heavy (non-hydrogen) atoms. The molecule has 2 unspecified atom stereocenters. The average Bonchev–Trinajstić information content (AvgIpc) is 2.61. The van der Waals surface area contributed by atoms with Gasteiger partial charge in [-0.1, -0.05) is 13.8 Å². The van der Waals surface area contributed by atoms with Crippen LogP contribution in [0.15, 0.2) is 12.4 Å². The maximum absolute atomic E-state index is 10.3. The number of hydrogen-bond donors (Lipinski definition) is 2. The highest BCUT2D eigenvalue weighted by Crippen LogP contribution is 2.19. The summed E-state index contributed by atoms with van der Waals surface area (Å²) in [7, 11) is 1.85. The first kappa shape index (κ1) is 13.2. The van der Waals surface area contributed by atoms with E-state index in [0.29, 0.717) is 18.5 Å². The van der Waals surface area contributed by atoms with Gasteiger partial charge in [-0.15, -0.1) is 0 Å². The van der Waals surface area contributed by atoms with Crippen molar-refractivity contribution in [2.45, 2.75) is 39.3 Å². The first-order valence-corrected chi connectivity index (χ1v) is 5.78. The molecule has 0 bridgehead atoms. The minimum atomic E-state index is -0.864. The lowest BCUT2D eigenvalue weighted by molar-refractivity contribution is 0.0527. The fourth-order valence-electron chi connectivity index (χ4n) is 1.40. The lowest BCUT2D eigenvalue weighted by Crippen LogP contribution is -2.41. The van der Waals surface area contributed by atoms with Crippen LogP contribution in [0.1, 0.15) is 33.3 Å². The molecular weight excluding hydrogens is 202 g/mol. The number of nitrogens with one attached hydrogen (secondary N) is 1. The fraction of sp³-hybridized carbons (Fsp3) is 0.750. The molecule has 2 atom stereocenters. The van der Waals surface area contributed by atoms with E-state index in [9.17, 15) is 5.11 Å². The van der Waals surface area contributed by atoms with Gasteiger partial charge < -0.3 is 10.4 Å². The van der Waals surface area contributed by atoms with Crippen LogP contribution >= 0.6 is 0 Å². The van der Waals surface area contributed by atoms with Crippen LogP contribution in [0, 0.1) is 5.92 Å². The third kappa shape index (κ3) is 3.32. The van der Waals surface area contributed by atoms with Crippen LogP contribution in [0.3, 0.4) is 0 Å². The Morgan fingerprint density at radius 1 is 1.50 bits per heavy atom. The van der Waals surface area contributed by atoms with Crippen molar-refractivity contribution in [1.29, 1.82) is 0 Å². The molecule has 0 radical (unpaired) electrons. The van der Waals surface area contributed by atoms with Gasteiger partial charge in [0.15, 0.2) is 0 Å². The molecule has 0 aliphatic heterocycles. The Morgan fingerprint density at radius 2 is 2.12 bits per heavy atom. The number of aryl methyl sites for hydroxylation is 1. The molecule has 1 aromatic heterocycles. The zero-order chi connectivity index (χ0) is 12.3. The van der Waals surface area contributed by atoms with Gasteiger partial charge in [-0.05, 0) is 19.8 Å². The molecule has 0 spiro atoms. The quantitative estimate of drug-likeness (QED) is 0.793. The lowest BCUT2D eigenvalue weighted by atomic mass is 9.98. The van der Waals surface area contributed by atoms with E-state index < -0.39 is 5.60 Å². The van der Waals surface area contributed by atoms with Gasteiger partial charge in [0.05, 0.1) is 6.20 Å². The molecule has 0 aliphatic carbocycles. The smallest absolute Gasteiger partial charge is 0.102 e. The summed E-state index contributed by atoms with van der Waals surface area (Å²) < 4.78 is 1.70. The second-order valence-electron chi connectivity index (χ2n) is 5.09. The largest absolute Gasteiger partial charge is 0.384 e. The van der Waals surface area contributed by atoms with E-state index in [4.69, 9.17) is 0 Å². The number of aromatic nitrogens is 2. The van der Waals surface area contributed by atoms with Crippen molar-refractivity contribution < 1.29 is 5.11 Å². The van der Waals surface area contributed by atoms with Crippen LogP contribution < -0.4 is 5.32 Å². The molecule has 0 saturated heterocycles. The maximum atomic E-state index is 10.3. The third-order valence-corrected chi connectivity index (χ3v) is 3.10. The lowest BCUT2D eigenvalue weighted by Gasteiger charge is -2.26. The number of rotatable bonds is 5. The zero-order valence-corrected chi connectivity index (χ0v) is 10.9. The summed E-state index contributed by atoms with van der Waals surface area (Å²) in [5.41, 5.74) is -0.0179. The van der Waals surface area contributed by atoms with Crippen molar-refractivity contribution in [3.63, 3.8) is 0 Å². The molecule has 4 nitrogen and oxygen atoms in total. The van der Waals surface area contributed by atoms with Gasteiger partial charge in [0.1, 0.15) is 5.60 Å². The maximum Gasteiger partial charge on any atom is 0.102 e. The van der Waals surface area contributed by atoms with Gasteiger partial charge in [-0.3, -0.25) is 4.68 Å². The van der Waals surface area contributed by atoms with E-state index in [0.717, 1.165) is 5.56 Å². The predicted molar refractivity (Wildman–Crippen MR) is 65.1 cm³/mol. The molecule has 0 amide bonds. The molecule has 0 fully saturated rings. The Balaban J connectivity index is 2.58. The molecule has 4 heteroatoms. The van der Waals surface area contributed by atoms with E-state index >= 15 is 0 Å². The highest BCUT2D eigenvalue weighted by atomic mass is 16.3. The Labute approximate surface area is 97.7 Å². The highest BCUT2D eigenvalue weighted by Gasteiger charge is 2.25. The molecule has 92 valence electrons. The second-order valence-corrected chi connectivity index (χ2v) is 5.09. The van der Waals surface area contributed by atoms with Crippen molar-refractivity contribution in [2.75, 3.05) is 6.54 Å². The van der Waals surface area contributed by atoms with Gasteiger partial charge >= 0.3 is 0 Å². The van der Waals surface area contributed by atoms with Gasteiger partial charge in [-0.25, -0.2) is 0 Å². The van der Waals surface area contributed by atoms with E-state index in [1.165, 1.54) is 0 Å². The van der Waals surface area contributed by atoms with Crippen molar-refractivity contribution in [2.24, 2.45) is 13.0 Å². The monoisotopic (exact) mass is 225 g/mol. The Bertz CT molecular complexity index is 331. The molecule has 1 aromatic rings. The molecular formula is C12H23N3O. The van der Waals surface area contributed by atoms with Gasteiger partial charge in [0.25, 0.3) is 0 Å². The molecule has 2 N–H and O–H groups in total. The molecule has 0 aromatic carbocycles. The van der Waals surface area contributed by atoms with Crippen LogP contribution in [0.2, 0.25) is 0 Å². The van der Waals surface area contributed by atoms with Crippen LogP contribution in [0.4, 0.5) is 0 Å². The zero-order valence-electron chi connectivity index (χ0n) is 10.9. The minimum absolute atomic E-state index is 0.392. The van der Waals surface area contributed by atoms with Crippen LogP contribution in [0.25, 0.3) is 0 Å². The Hall–Kier alpha value is -0.870. The third-order valence-electron chi connectivity index (χ3n) is 3.10. The number of hydrogen-bond acceptors (Lipinski definition) is 3. The molecule has 0 aliphatic rings. The SMILES string of the molecule is CC(C)C(C)NCC(C)(O)c1cnn(C)c1. The summed E-state index contributed by atoms with van der Waals surface area (Å²) in [6.45, 7) is 8.80. The molecule has 0 saturated carbocycles. The average molecular weight is 225 g/mol. The summed E-state index contributed by atoms with van der Waals surface area (Å²) >= 11 is 0. The molecule has 1 rings (SSSR count). The van der Waals surface area contributed by atoms with Crippen LogP contribution in [-0.2, 0) is 12.6 Å². The van der Waals surface area contributed by atoms with Crippen molar-refractivity contribution in [3.8, 4) is 0 Å². The standard InChI is InChI=1S/C12H23N3O/c1-9(2)10(3)13-8-12(4,16)11-6-14-15(5)7-11/h6-7,9-10,13,16H,8H2,1-5H3. The number of aliphatic hydroxyl groups is 1. The second kappa shape index (κ2) is 4.97. The summed E-state index contributed by atoms with van der Waals surface area (Å²) in [5, 5.41) is 17.7. The van der Waals surface area contributed by atoms with E-state index in [-0.39, 0.29) is 0 Å². The summed E-state index contributed by atoms with van der Waals surface area (Å²) in [4.78, 5) is 0. The van der Waals surface area contributed by atoms with Gasteiger partial charge in [-0.2, -0.15) is 5.10 Å². The minimum Gasteiger partial charge on any atom is -0.384 e. The van der Waals surface area contributed by atoms with Crippen molar-refractivity contribution >= 4 is 0 Å². The predicted octanol–water partition coefficient (Wildman–Crippen LogP) is 1.26.